The van der Waals surface area contributed by atoms with Crippen molar-refractivity contribution >= 4 is 5.82 Å². The topological polar surface area (TPSA) is 84.7 Å². The van der Waals surface area contributed by atoms with Crippen molar-refractivity contribution in [3.63, 3.8) is 0 Å². The molecule has 0 saturated heterocycles. The Labute approximate surface area is 47.8 Å². The Morgan fingerprint density at radius 2 is 2.44 bits per heavy atom. The Morgan fingerprint density at radius 3 is 2.67 bits per heavy atom. The lowest BCUT2D eigenvalue weighted by Gasteiger charge is -1.83. The predicted molar refractivity (Wildman–Crippen MR) is 23.0 cm³/mol. The van der Waals surface area contributed by atoms with Crippen LogP contribution in [0.15, 0.2) is 0 Å². The van der Waals surface area contributed by atoms with E-state index in [1.807, 2.05) is 0 Å². The van der Waals surface area contributed by atoms with Gasteiger partial charge in [0.1, 0.15) is 0 Å². The molecular formula is C2HFN4O2. The van der Waals surface area contributed by atoms with E-state index in [4.69, 9.17) is 0 Å². The number of H-pyrrole nitrogens is 1. The van der Waals surface area contributed by atoms with Crippen molar-refractivity contribution in [1.29, 1.82) is 0 Å². The van der Waals surface area contributed by atoms with Crippen LogP contribution in [0.25, 0.3) is 0 Å². The molecule has 1 rings (SSSR count). The molecule has 0 amide bonds. The molecule has 1 heterocycles. The van der Waals surface area contributed by atoms with Gasteiger partial charge in [-0.05, 0) is 4.92 Å². The summed E-state index contributed by atoms with van der Waals surface area (Å²) in [6.45, 7) is 0. The van der Waals surface area contributed by atoms with Crippen molar-refractivity contribution in [2.24, 2.45) is 0 Å². The fourth-order valence-corrected chi connectivity index (χ4v) is 0.326. The van der Waals surface area contributed by atoms with Crippen LogP contribution in [0.1, 0.15) is 0 Å². The van der Waals surface area contributed by atoms with Gasteiger partial charge in [-0.2, -0.15) is 4.39 Å². The van der Waals surface area contributed by atoms with E-state index < -0.39 is 16.7 Å². The van der Waals surface area contributed by atoms with Crippen molar-refractivity contribution in [3.05, 3.63) is 16.1 Å². The minimum absolute atomic E-state index is 0.810. The number of rotatable bonds is 1. The Hall–Kier alpha value is -1.53. The number of nitro groups is 1. The third-order valence-electron chi connectivity index (χ3n) is 0.672. The lowest BCUT2D eigenvalue weighted by atomic mass is 10.8. The zero-order chi connectivity index (χ0) is 6.85. The molecule has 0 fully saturated rings. The van der Waals surface area contributed by atoms with Gasteiger partial charge in [-0.25, -0.2) is 0 Å². The summed E-state index contributed by atoms with van der Waals surface area (Å²) in [4.78, 5) is 8.80. The van der Waals surface area contributed by atoms with Gasteiger partial charge >= 0.3 is 11.8 Å². The molecule has 0 aliphatic rings. The van der Waals surface area contributed by atoms with Crippen LogP contribution in [-0.2, 0) is 0 Å². The van der Waals surface area contributed by atoms with Crippen molar-refractivity contribution < 1.29 is 9.31 Å². The molecule has 0 saturated carbocycles. The fourth-order valence-electron chi connectivity index (χ4n) is 0.326. The molecule has 1 aromatic rings. The minimum Gasteiger partial charge on any atom is -0.358 e. The predicted octanol–water partition coefficient (Wildman–Crippen LogP) is -0.148. The van der Waals surface area contributed by atoms with E-state index in [0.29, 0.717) is 0 Å². The second-order valence-electron chi connectivity index (χ2n) is 1.21. The van der Waals surface area contributed by atoms with Gasteiger partial charge in [0.25, 0.3) is 0 Å². The van der Waals surface area contributed by atoms with E-state index in [-0.39, 0.29) is 0 Å². The summed E-state index contributed by atoms with van der Waals surface area (Å²) in [5, 5.41) is 17.1. The first-order valence-corrected chi connectivity index (χ1v) is 1.92. The fraction of sp³-hybridized carbons (Fsp3) is 0. The van der Waals surface area contributed by atoms with Gasteiger partial charge in [0, 0.05) is 5.21 Å². The second kappa shape index (κ2) is 1.77. The molecule has 6 nitrogen and oxygen atoms in total. The number of nitrogens with zero attached hydrogens (tertiary/aromatic N) is 3. The minimum atomic E-state index is -1.19. The molecule has 1 N–H and O–H groups in total. The van der Waals surface area contributed by atoms with Gasteiger partial charge in [-0.1, -0.05) is 5.10 Å². The molecule has 0 bridgehead atoms. The van der Waals surface area contributed by atoms with Crippen molar-refractivity contribution in [3.8, 4) is 0 Å². The molecule has 1 aromatic heterocycles. The number of halogens is 1. The highest BCUT2D eigenvalue weighted by Gasteiger charge is 2.15. The van der Waals surface area contributed by atoms with Gasteiger partial charge in [-0.15, -0.1) is 5.10 Å². The molecule has 0 radical (unpaired) electrons. The largest absolute Gasteiger partial charge is 0.400 e. The first-order valence-electron chi connectivity index (χ1n) is 1.92. The van der Waals surface area contributed by atoms with Crippen molar-refractivity contribution in [2.45, 2.75) is 0 Å². The van der Waals surface area contributed by atoms with Crippen LogP contribution in [0.5, 0.6) is 0 Å². The van der Waals surface area contributed by atoms with Crippen molar-refractivity contribution in [2.75, 3.05) is 0 Å². The van der Waals surface area contributed by atoms with Gasteiger partial charge in [0.05, 0.1) is 0 Å². The second-order valence-corrected chi connectivity index (χ2v) is 1.21. The van der Waals surface area contributed by atoms with Gasteiger partial charge in [-0.3, -0.25) is 0 Å². The smallest absolute Gasteiger partial charge is 0.358 e. The molecule has 0 unspecified atom stereocenters. The average molecular weight is 132 g/mol. The van der Waals surface area contributed by atoms with E-state index in [9.17, 15) is 14.5 Å². The summed E-state index contributed by atoms with van der Waals surface area (Å²) in [6, 6.07) is 0. The molecule has 0 aliphatic carbocycles. The number of hydrogen-bond donors (Lipinski definition) is 1. The maximum absolute atomic E-state index is 12.0. The zero-order valence-corrected chi connectivity index (χ0v) is 4.04. The first-order chi connectivity index (χ1) is 4.22. The maximum atomic E-state index is 12.0. The monoisotopic (exact) mass is 132 g/mol. The zero-order valence-electron chi connectivity index (χ0n) is 4.04. The molecule has 0 atom stereocenters. The van der Waals surface area contributed by atoms with E-state index in [0.717, 1.165) is 0 Å². The van der Waals surface area contributed by atoms with Crippen molar-refractivity contribution in [1.82, 2.24) is 15.4 Å². The summed E-state index contributed by atoms with van der Waals surface area (Å²) in [7, 11) is 0. The summed E-state index contributed by atoms with van der Waals surface area (Å²) < 4.78 is 12.0. The number of aromatic nitrogens is 3. The van der Waals surface area contributed by atoms with Gasteiger partial charge in [0.15, 0.2) is 0 Å². The third-order valence-corrected chi connectivity index (χ3v) is 0.672. The van der Waals surface area contributed by atoms with Crippen LogP contribution in [0.4, 0.5) is 10.2 Å². The van der Waals surface area contributed by atoms with Crippen LogP contribution in [0.2, 0.25) is 0 Å². The third kappa shape index (κ3) is 0.831. The lowest BCUT2D eigenvalue weighted by Crippen LogP contribution is -1.90. The molecule has 0 aliphatic heterocycles. The highest BCUT2D eigenvalue weighted by atomic mass is 19.1. The Bertz CT molecular complexity index is 232. The molecule has 9 heavy (non-hydrogen) atoms. The molecule has 7 heteroatoms. The maximum Gasteiger partial charge on any atom is 0.400 e. The summed E-state index contributed by atoms with van der Waals surface area (Å²) >= 11 is 0. The summed E-state index contributed by atoms with van der Waals surface area (Å²) in [6.07, 6.45) is 0. The summed E-state index contributed by atoms with van der Waals surface area (Å²) in [5.41, 5.74) is 0. The Morgan fingerprint density at radius 1 is 1.78 bits per heavy atom. The van der Waals surface area contributed by atoms with Crippen LogP contribution in [0, 0.1) is 16.1 Å². The van der Waals surface area contributed by atoms with Crippen LogP contribution >= 0.6 is 0 Å². The number of hydrogen-bond acceptors (Lipinski definition) is 4. The quantitative estimate of drug-likeness (QED) is 0.425. The lowest BCUT2D eigenvalue weighted by molar-refractivity contribution is -0.392. The van der Waals surface area contributed by atoms with E-state index in [1.54, 1.807) is 5.10 Å². The van der Waals surface area contributed by atoms with Crippen LogP contribution in [0.3, 0.4) is 0 Å². The molecule has 0 spiro atoms. The first kappa shape index (κ1) is 5.60. The van der Waals surface area contributed by atoms with Crippen LogP contribution in [-0.4, -0.2) is 20.3 Å². The highest BCUT2D eigenvalue weighted by molar-refractivity contribution is 5.10. The van der Waals surface area contributed by atoms with E-state index in [2.05, 4.69) is 10.3 Å². The molecular weight excluding hydrogens is 131 g/mol. The molecule has 0 aromatic carbocycles. The highest BCUT2D eigenvalue weighted by Crippen LogP contribution is 2.06. The summed E-state index contributed by atoms with van der Waals surface area (Å²) in [5.74, 6) is -2.00. The van der Waals surface area contributed by atoms with E-state index in [1.165, 1.54) is 0 Å². The SMILES string of the molecule is O=[N+]([O-])c1[nH]nnc1F. The van der Waals surface area contributed by atoms with E-state index >= 15 is 0 Å². The van der Waals surface area contributed by atoms with Gasteiger partial charge < -0.3 is 10.1 Å². The number of nitrogens with one attached hydrogen (secondary N) is 1. The van der Waals surface area contributed by atoms with Crippen LogP contribution < -0.4 is 0 Å². The van der Waals surface area contributed by atoms with Gasteiger partial charge in [0.2, 0.25) is 0 Å². The Kier molecular flexibility index (Phi) is 1.10. The average Bonchev–Trinajstić information content (AvgIpc) is 2.13. The Balaban J connectivity index is 3.08. The number of aromatic amines is 1. The normalized spacial score (nSPS) is 9.44. The standard InChI is InChI=1S/C2HFN4O2/c3-1-2(7(8)9)5-6-4-1/h(H,4,5,6). The molecule has 48 valence electrons.